The third-order valence-electron chi connectivity index (χ3n) is 4.21. The second-order valence-corrected chi connectivity index (χ2v) is 12.3. The Bertz CT molecular complexity index is 1330. The fourth-order valence-electron chi connectivity index (χ4n) is 2.99. The van der Waals surface area contributed by atoms with Gasteiger partial charge in [0.1, 0.15) is 37.9 Å². The maximum atomic E-state index is 9.87. The van der Waals surface area contributed by atoms with Gasteiger partial charge in [-0.3, -0.25) is 0 Å². The summed E-state index contributed by atoms with van der Waals surface area (Å²) in [5, 5.41) is 0. The molecule has 0 aliphatic heterocycles. The average Bonchev–Trinajstić information content (AvgIpc) is 3.31. The Morgan fingerprint density at radius 2 is 0.875 bits per heavy atom. The summed E-state index contributed by atoms with van der Waals surface area (Å²) in [5.74, 6) is 0. The van der Waals surface area contributed by atoms with E-state index < -0.39 is 15.6 Å². The first kappa shape index (κ1) is 32.9. The van der Waals surface area contributed by atoms with E-state index in [4.69, 9.17) is 9.97 Å². The van der Waals surface area contributed by atoms with Gasteiger partial charge >= 0.3 is 66.0 Å². The van der Waals surface area contributed by atoms with Crippen LogP contribution in [0.2, 0.25) is 0 Å². The van der Waals surface area contributed by atoms with E-state index in [1.54, 1.807) is 0 Å². The maximum absolute atomic E-state index is 10.7. The van der Waals surface area contributed by atoms with Crippen LogP contribution in [0.25, 0.3) is 11.4 Å². The Balaban J connectivity index is 0.000000333. The quantitative estimate of drug-likeness (QED) is 0.126. The third-order valence-corrected chi connectivity index (χ3v) is 4.21. The van der Waals surface area contributed by atoms with Gasteiger partial charge < -0.3 is 0 Å². The van der Waals surface area contributed by atoms with E-state index in [9.17, 15) is 50.4 Å². The summed E-state index contributed by atoms with van der Waals surface area (Å²) in [5.41, 5.74) is 3.84. The number of halogens is 12. The molecule has 226 valence electrons. The number of aryl methyl sites for hydroxylation is 2. The van der Waals surface area contributed by atoms with E-state index in [0.29, 0.717) is 0 Å². The summed E-state index contributed by atoms with van der Waals surface area (Å²) >= 11 is 0. The summed E-state index contributed by atoms with van der Waals surface area (Å²) in [6.07, 6.45) is 12.2. The van der Waals surface area contributed by atoms with E-state index in [1.165, 1.54) is 0 Å². The summed E-state index contributed by atoms with van der Waals surface area (Å²) < 4.78 is 127. The molecule has 40 heavy (non-hydrogen) atoms. The van der Waals surface area contributed by atoms with Gasteiger partial charge in [0.2, 0.25) is 12.7 Å². The molecule has 4 heterocycles. The Morgan fingerprint density at radius 3 is 1.12 bits per heavy atom. The van der Waals surface area contributed by atoms with Crippen LogP contribution in [0.3, 0.4) is 0 Å². The van der Waals surface area contributed by atoms with Gasteiger partial charge in [-0.2, -0.15) is 0 Å². The van der Waals surface area contributed by atoms with Crippen LogP contribution >= 0.6 is 15.6 Å². The van der Waals surface area contributed by atoms with Crippen LogP contribution in [0.4, 0.5) is 50.4 Å². The Kier molecular flexibility index (Phi) is 7.98. The zero-order valence-corrected chi connectivity index (χ0v) is 22.2. The standard InChI is InChI=1S/C20H22N6.2F6P/c1-23-9-11-25(15-23)13-17-5-3-7-19(21-17)20-8-4-6-18(22-20)14-26-12-10-24(2)16-26;2*1-7(2,3,4,5)6/h3-12,15-16H,13-14H2,1-2H3;;/q+2;2*-1. The molecule has 0 aliphatic carbocycles. The van der Waals surface area contributed by atoms with Crippen LogP contribution < -0.4 is 9.13 Å². The summed E-state index contributed by atoms with van der Waals surface area (Å²) in [6, 6.07) is 12.2. The number of imidazole rings is 2. The second-order valence-electron chi connectivity index (χ2n) is 8.45. The topological polar surface area (TPSA) is 43.4 Å². The first-order chi connectivity index (χ1) is 17.6. The molecule has 0 radical (unpaired) electrons. The molecule has 4 rings (SSSR count). The van der Waals surface area contributed by atoms with E-state index in [1.807, 2.05) is 97.1 Å². The monoisotopic (exact) mass is 636 g/mol. The molecule has 0 amide bonds. The van der Waals surface area contributed by atoms with Crippen molar-refractivity contribution in [2.45, 2.75) is 13.1 Å². The molecule has 0 N–H and O–H groups in total. The molecule has 0 spiro atoms. The van der Waals surface area contributed by atoms with Crippen LogP contribution in [-0.4, -0.2) is 19.1 Å². The van der Waals surface area contributed by atoms with E-state index in [0.717, 1.165) is 35.9 Å². The van der Waals surface area contributed by atoms with Crippen molar-refractivity contribution in [2.75, 3.05) is 0 Å². The molecule has 4 aromatic heterocycles. The van der Waals surface area contributed by atoms with Crippen LogP contribution in [0.15, 0.2) is 73.8 Å². The molecular formula is C20H22F12N6P2. The molecule has 0 saturated carbocycles. The number of hydrogen-bond donors (Lipinski definition) is 0. The van der Waals surface area contributed by atoms with Crippen LogP contribution in [-0.2, 0) is 27.2 Å². The van der Waals surface area contributed by atoms with Crippen molar-refractivity contribution < 1.29 is 59.5 Å². The first-order valence-corrected chi connectivity index (χ1v) is 14.7. The van der Waals surface area contributed by atoms with Crippen molar-refractivity contribution in [3.05, 3.63) is 85.2 Å². The van der Waals surface area contributed by atoms with E-state index in [-0.39, 0.29) is 0 Å². The van der Waals surface area contributed by atoms with Crippen LogP contribution in [0.1, 0.15) is 11.4 Å². The fraction of sp³-hybridized carbons (Fsp3) is 0.200. The molecule has 0 aromatic carbocycles. The molecular weight excluding hydrogens is 614 g/mol. The van der Waals surface area contributed by atoms with Gasteiger partial charge in [-0.1, -0.05) is 12.1 Å². The SMILES string of the molecule is C[n+]1ccn(Cc2cccc(-c3cccc(Cn4cc[n+](C)c4)n3)n2)c1.F[P-](F)(F)(F)(F)F.F[P-](F)(F)(F)(F)F. The molecule has 0 saturated heterocycles. The molecule has 0 unspecified atom stereocenters. The minimum atomic E-state index is -10.7. The van der Waals surface area contributed by atoms with Gasteiger partial charge in [-0.25, -0.2) is 28.2 Å². The summed E-state index contributed by atoms with van der Waals surface area (Å²) in [6.45, 7) is 1.49. The molecule has 0 fully saturated rings. The Labute approximate surface area is 218 Å². The van der Waals surface area contributed by atoms with Crippen molar-refractivity contribution in [3.63, 3.8) is 0 Å². The zero-order chi connectivity index (χ0) is 30.7. The average molecular weight is 636 g/mol. The predicted molar refractivity (Wildman–Crippen MR) is 124 cm³/mol. The van der Waals surface area contributed by atoms with Crippen molar-refractivity contribution in [1.29, 1.82) is 0 Å². The molecule has 6 nitrogen and oxygen atoms in total. The van der Waals surface area contributed by atoms with Crippen LogP contribution in [0.5, 0.6) is 0 Å². The number of pyridine rings is 2. The van der Waals surface area contributed by atoms with Crippen molar-refractivity contribution >= 4 is 15.6 Å². The van der Waals surface area contributed by atoms with Gasteiger partial charge in [0.25, 0.3) is 0 Å². The molecule has 0 aliphatic rings. The van der Waals surface area contributed by atoms with Crippen molar-refractivity contribution in [3.8, 4) is 11.4 Å². The van der Waals surface area contributed by atoms with Gasteiger partial charge in [-0.15, -0.1) is 0 Å². The fourth-order valence-corrected chi connectivity index (χ4v) is 2.99. The molecule has 0 bridgehead atoms. The minimum absolute atomic E-state index is 0.744. The first-order valence-electron chi connectivity index (χ1n) is 10.6. The number of rotatable bonds is 5. The van der Waals surface area contributed by atoms with Crippen molar-refractivity contribution in [2.24, 2.45) is 14.1 Å². The van der Waals surface area contributed by atoms with Gasteiger partial charge in [0, 0.05) is 0 Å². The number of nitrogens with zero attached hydrogens (tertiary/aromatic N) is 6. The third kappa shape index (κ3) is 18.1. The number of hydrogen-bond acceptors (Lipinski definition) is 2. The summed E-state index contributed by atoms with van der Waals surface area (Å²) in [7, 11) is -17.3. The van der Waals surface area contributed by atoms with E-state index in [2.05, 4.69) is 9.13 Å². The van der Waals surface area contributed by atoms with E-state index >= 15 is 0 Å². The Hall–Kier alpha value is -3.26. The van der Waals surface area contributed by atoms with Crippen molar-refractivity contribution in [1.82, 2.24) is 19.1 Å². The zero-order valence-electron chi connectivity index (χ0n) is 20.5. The molecule has 4 aromatic rings. The van der Waals surface area contributed by atoms with Crippen LogP contribution in [0, 0.1) is 0 Å². The molecule has 0 atom stereocenters. The van der Waals surface area contributed by atoms with Gasteiger partial charge in [0.05, 0.1) is 36.9 Å². The van der Waals surface area contributed by atoms with Gasteiger partial charge in [-0.05, 0) is 24.3 Å². The number of aromatic nitrogens is 6. The predicted octanol–water partition coefficient (Wildman–Crippen LogP) is 8.26. The normalized spacial score (nSPS) is 15.2. The summed E-state index contributed by atoms with van der Waals surface area (Å²) in [4.78, 5) is 9.59. The Morgan fingerprint density at radius 1 is 0.575 bits per heavy atom. The second kappa shape index (κ2) is 9.68. The molecule has 20 heteroatoms. The van der Waals surface area contributed by atoms with Gasteiger partial charge in [0.15, 0.2) is 0 Å².